The van der Waals surface area contributed by atoms with Gasteiger partial charge in [-0.2, -0.15) is 5.10 Å². The minimum Gasteiger partial charge on any atom is -0.491 e. The molecule has 1 unspecified atom stereocenters. The van der Waals surface area contributed by atoms with E-state index in [1.807, 2.05) is 24.3 Å². The van der Waals surface area contributed by atoms with E-state index in [1.54, 1.807) is 0 Å². The molecule has 0 spiro atoms. The summed E-state index contributed by atoms with van der Waals surface area (Å²) < 4.78 is 10.7. The number of hydrazone groups is 1. The zero-order valence-electron chi connectivity index (χ0n) is 9.89. The van der Waals surface area contributed by atoms with Crippen molar-refractivity contribution < 1.29 is 14.3 Å². The first-order chi connectivity index (χ1) is 8.81. The number of hydrogen-bond donors (Lipinski definition) is 1. The highest BCUT2D eigenvalue weighted by molar-refractivity contribution is 6.04. The van der Waals surface area contributed by atoms with Crippen LogP contribution in [0.5, 0.6) is 5.75 Å². The first-order valence-electron chi connectivity index (χ1n) is 6.01. The highest BCUT2D eigenvalue weighted by Gasteiger charge is 2.23. The molecule has 5 nitrogen and oxygen atoms in total. The van der Waals surface area contributed by atoms with Crippen molar-refractivity contribution in [2.75, 3.05) is 13.2 Å². The van der Waals surface area contributed by atoms with Crippen LogP contribution in [0, 0.1) is 0 Å². The third-order valence-electron chi connectivity index (χ3n) is 2.91. The molecule has 94 valence electrons. The molecule has 1 fully saturated rings. The van der Waals surface area contributed by atoms with Crippen molar-refractivity contribution in [1.29, 1.82) is 0 Å². The van der Waals surface area contributed by atoms with Crippen molar-refractivity contribution >= 4 is 11.6 Å². The number of hydrogen-bond acceptors (Lipinski definition) is 4. The number of nitrogens with zero attached hydrogens (tertiary/aromatic N) is 1. The zero-order valence-corrected chi connectivity index (χ0v) is 9.89. The van der Waals surface area contributed by atoms with E-state index < -0.39 is 0 Å². The van der Waals surface area contributed by atoms with Gasteiger partial charge in [0.25, 0.3) is 0 Å². The largest absolute Gasteiger partial charge is 0.491 e. The molecule has 0 bridgehead atoms. The van der Waals surface area contributed by atoms with E-state index in [1.165, 1.54) is 0 Å². The predicted octanol–water partition coefficient (Wildman–Crippen LogP) is 1.08. The van der Waals surface area contributed by atoms with Crippen molar-refractivity contribution in [1.82, 2.24) is 5.43 Å². The van der Waals surface area contributed by atoms with Gasteiger partial charge < -0.3 is 9.47 Å². The van der Waals surface area contributed by atoms with Gasteiger partial charge >= 0.3 is 0 Å². The Morgan fingerprint density at radius 3 is 3.06 bits per heavy atom. The number of benzene rings is 1. The summed E-state index contributed by atoms with van der Waals surface area (Å²) in [7, 11) is 0. The number of amides is 1. The number of epoxide rings is 1. The van der Waals surface area contributed by atoms with E-state index in [-0.39, 0.29) is 12.0 Å². The summed E-state index contributed by atoms with van der Waals surface area (Å²) in [5, 5.41) is 4.07. The van der Waals surface area contributed by atoms with Gasteiger partial charge in [0.1, 0.15) is 18.5 Å². The minimum absolute atomic E-state index is 0.0305. The first-order valence-corrected chi connectivity index (χ1v) is 6.01. The Hall–Kier alpha value is -1.88. The lowest BCUT2D eigenvalue weighted by Crippen LogP contribution is -2.25. The molecule has 1 amide bonds. The average molecular weight is 246 g/mol. The fourth-order valence-electron chi connectivity index (χ4n) is 1.80. The Bertz CT molecular complexity index is 495. The second-order valence-corrected chi connectivity index (χ2v) is 4.39. The van der Waals surface area contributed by atoms with E-state index in [0.29, 0.717) is 19.4 Å². The van der Waals surface area contributed by atoms with Gasteiger partial charge in [0.15, 0.2) is 0 Å². The van der Waals surface area contributed by atoms with E-state index in [2.05, 4.69) is 10.5 Å². The van der Waals surface area contributed by atoms with Crippen molar-refractivity contribution in [3.8, 4) is 5.75 Å². The monoisotopic (exact) mass is 246 g/mol. The smallest absolute Gasteiger partial charge is 0.240 e. The van der Waals surface area contributed by atoms with Gasteiger partial charge in [0.2, 0.25) is 5.91 Å². The maximum Gasteiger partial charge on any atom is 0.240 e. The van der Waals surface area contributed by atoms with E-state index in [9.17, 15) is 4.79 Å². The second-order valence-electron chi connectivity index (χ2n) is 4.39. The molecule has 2 heterocycles. The highest BCUT2D eigenvalue weighted by Crippen LogP contribution is 2.19. The molecule has 0 saturated carbocycles. The number of ether oxygens (including phenoxy) is 2. The quantitative estimate of drug-likeness (QED) is 0.808. The van der Waals surface area contributed by atoms with Crippen molar-refractivity contribution in [3.05, 3.63) is 29.8 Å². The van der Waals surface area contributed by atoms with Crippen LogP contribution in [0.15, 0.2) is 29.4 Å². The minimum atomic E-state index is -0.0305. The maximum atomic E-state index is 11.0. The van der Waals surface area contributed by atoms with Crippen molar-refractivity contribution in [2.45, 2.75) is 18.9 Å². The molecule has 1 aromatic carbocycles. The Morgan fingerprint density at radius 2 is 2.33 bits per heavy atom. The van der Waals surface area contributed by atoms with Gasteiger partial charge in [-0.25, -0.2) is 5.43 Å². The highest BCUT2D eigenvalue weighted by atomic mass is 16.6. The van der Waals surface area contributed by atoms with Crippen LogP contribution in [0.4, 0.5) is 0 Å². The molecule has 1 N–H and O–H groups in total. The van der Waals surface area contributed by atoms with Crippen LogP contribution in [0.2, 0.25) is 0 Å². The molecule has 1 aromatic rings. The summed E-state index contributed by atoms with van der Waals surface area (Å²) in [6.07, 6.45) is 1.40. The number of rotatable bonds is 4. The van der Waals surface area contributed by atoms with Crippen LogP contribution in [0.3, 0.4) is 0 Å². The van der Waals surface area contributed by atoms with Gasteiger partial charge in [-0.05, 0) is 12.1 Å². The zero-order chi connectivity index (χ0) is 12.4. The average Bonchev–Trinajstić information content (AvgIpc) is 3.22. The molecular formula is C13H14N2O3. The molecule has 5 heteroatoms. The summed E-state index contributed by atoms with van der Waals surface area (Å²) >= 11 is 0. The number of carbonyl (C=O) groups excluding carboxylic acids is 1. The Balaban J connectivity index is 1.71. The van der Waals surface area contributed by atoms with Crippen LogP contribution < -0.4 is 10.2 Å². The van der Waals surface area contributed by atoms with Gasteiger partial charge in [0.05, 0.1) is 12.3 Å². The van der Waals surface area contributed by atoms with Crippen LogP contribution >= 0.6 is 0 Å². The fraction of sp³-hybridized carbons (Fsp3) is 0.385. The van der Waals surface area contributed by atoms with E-state index in [4.69, 9.17) is 9.47 Å². The van der Waals surface area contributed by atoms with Crippen molar-refractivity contribution in [2.24, 2.45) is 5.10 Å². The van der Waals surface area contributed by atoms with E-state index >= 15 is 0 Å². The molecule has 1 saturated heterocycles. The molecule has 0 aromatic heterocycles. The third-order valence-corrected chi connectivity index (χ3v) is 2.91. The summed E-state index contributed by atoms with van der Waals surface area (Å²) in [6.45, 7) is 1.38. The summed E-state index contributed by atoms with van der Waals surface area (Å²) in [4.78, 5) is 11.0. The van der Waals surface area contributed by atoms with Gasteiger partial charge in [-0.15, -0.1) is 0 Å². The lowest BCUT2D eigenvalue weighted by atomic mass is 10.0. The lowest BCUT2D eigenvalue weighted by Gasteiger charge is -2.13. The SMILES string of the molecule is O=C1CCC(c2cccc(OCC3CO3)c2)=NN1. The van der Waals surface area contributed by atoms with Crippen LogP contribution in [0.25, 0.3) is 0 Å². The van der Waals surface area contributed by atoms with Gasteiger partial charge in [0, 0.05) is 18.4 Å². The first kappa shape index (κ1) is 11.2. The number of nitrogens with one attached hydrogen (secondary N) is 1. The van der Waals surface area contributed by atoms with E-state index in [0.717, 1.165) is 23.6 Å². The standard InChI is InChI=1S/C13H14N2O3/c16-13-5-4-12(14-15-13)9-2-1-3-10(6-9)17-7-11-8-18-11/h1-3,6,11H,4-5,7-8H2,(H,15,16). The molecule has 3 rings (SSSR count). The second kappa shape index (κ2) is 4.78. The molecule has 18 heavy (non-hydrogen) atoms. The van der Waals surface area contributed by atoms with Crippen LogP contribution in [-0.4, -0.2) is 30.9 Å². The molecule has 2 aliphatic heterocycles. The van der Waals surface area contributed by atoms with Gasteiger partial charge in [-0.3, -0.25) is 4.79 Å². The van der Waals surface area contributed by atoms with Crippen LogP contribution in [-0.2, 0) is 9.53 Å². The Morgan fingerprint density at radius 1 is 1.44 bits per heavy atom. The summed E-state index contributed by atoms with van der Waals surface area (Å²) in [5.74, 6) is 0.777. The molecule has 2 aliphatic rings. The van der Waals surface area contributed by atoms with Gasteiger partial charge in [-0.1, -0.05) is 12.1 Å². The number of carbonyl (C=O) groups is 1. The normalized spacial score (nSPS) is 22.1. The van der Waals surface area contributed by atoms with Crippen molar-refractivity contribution in [3.63, 3.8) is 0 Å². The Kier molecular flexibility index (Phi) is 2.98. The summed E-state index contributed by atoms with van der Waals surface area (Å²) in [6, 6.07) is 7.75. The molecular weight excluding hydrogens is 232 g/mol. The topological polar surface area (TPSA) is 63.2 Å². The predicted molar refractivity (Wildman–Crippen MR) is 65.6 cm³/mol. The lowest BCUT2D eigenvalue weighted by molar-refractivity contribution is -0.121. The fourth-order valence-corrected chi connectivity index (χ4v) is 1.80. The van der Waals surface area contributed by atoms with Crippen LogP contribution in [0.1, 0.15) is 18.4 Å². The Labute approximate surface area is 105 Å². The summed E-state index contributed by atoms with van der Waals surface area (Å²) in [5.41, 5.74) is 4.38. The third kappa shape index (κ3) is 2.68. The molecule has 0 radical (unpaired) electrons. The maximum absolute atomic E-state index is 11.0. The molecule has 0 aliphatic carbocycles. The molecule has 1 atom stereocenters.